The standard InChI is InChI=1S/C18H21N5O3/c24-17-10-26-18(12-23(17)16-7-19-14-20-8-16)11-22(5-6-25-13-18)9-15-3-1-2-4-21-15/h1-4,7-8,14H,5-6,9-13H2/t18-/m0/s1. The minimum atomic E-state index is -0.574. The van der Waals surface area contributed by atoms with Crippen molar-refractivity contribution in [3.63, 3.8) is 0 Å². The molecule has 136 valence electrons. The molecule has 1 atom stereocenters. The van der Waals surface area contributed by atoms with E-state index in [0.717, 1.165) is 18.8 Å². The number of carbonyl (C=O) groups is 1. The lowest BCUT2D eigenvalue weighted by molar-refractivity contribution is -0.146. The summed E-state index contributed by atoms with van der Waals surface area (Å²) in [6.45, 7) is 3.69. The topological polar surface area (TPSA) is 80.7 Å². The van der Waals surface area contributed by atoms with Gasteiger partial charge in [0, 0.05) is 25.8 Å². The van der Waals surface area contributed by atoms with E-state index in [1.54, 1.807) is 23.5 Å². The zero-order chi connectivity index (χ0) is 17.8. The van der Waals surface area contributed by atoms with Crippen LogP contribution in [0.4, 0.5) is 5.69 Å². The molecule has 0 bridgehead atoms. The highest BCUT2D eigenvalue weighted by atomic mass is 16.6. The van der Waals surface area contributed by atoms with E-state index < -0.39 is 5.60 Å². The first kappa shape index (κ1) is 17.0. The van der Waals surface area contributed by atoms with Gasteiger partial charge in [-0.15, -0.1) is 0 Å². The van der Waals surface area contributed by atoms with E-state index >= 15 is 0 Å². The molecule has 0 radical (unpaired) electrons. The van der Waals surface area contributed by atoms with Crippen LogP contribution in [0.2, 0.25) is 0 Å². The predicted molar refractivity (Wildman–Crippen MR) is 93.4 cm³/mol. The van der Waals surface area contributed by atoms with Gasteiger partial charge in [0.2, 0.25) is 0 Å². The van der Waals surface area contributed by atoms with Gasteiger partial charge in [-0.1, -0.05) is 6.07 Å². The summed E-state index contributed by atoms with van der Waals surface area (Å²) in [5.41, 5.74) is 1.11. The highest BCUT2D eigenvalue weighted by Gasteiger charge is 2.43. The molecule has 2 fully saturated rings. The van der Waals surface area contributed by atoms with Crippen molar-refractivity contribution in [1.82, 2.24) is 19.9 Å². The van der Waals surface area contributed by atoms with Crippen LogP contribution in [0.5, 0.6) is 0 Å². The number of pyridine rings is 1. The molecular formula is C18H21N5O3. The number of amides is 1. The molecule has 2 aliphatic rings. The molecule has 4 rings (SSSR count). The lowest BCUT2D eigenvalue weighted by atomic mass is 10.0. The van der Waals surface area contributed by atoms with Crippen molar-refractivity contribution in [3.05, 3.63) is 48.8 Å². The van der Waals surface area contributed by atoms with Gasteiger partial charge in [0.05, 0.1) is 43.5 Å². The Morgan fingerprint density at radius 2 is 2.08 bits per heavy atom. The van der Waals surface area contributed by atoms with Gasteiger partial charge in [-0.05, 0) is 12.1 Å². The quantitative estimate of drug-likeness (QED) is 0.793. The number of ether oxygens (including phenoxy) is 2. The highest BCUT2D eigenvalue weighted by Crippen LogP contribution is 2.27. The fraction of sp³-hybridized carbons (Fsp3) is 0.444. The van der Waals surface area contributed by atoms with E-state index in [0.29, 0.717) is 32.0 Å². The average molecular weight is 355 g/mol. The molecule has 2 aromatic heterocycles. The summed E-state index contributed by atoms with van der Waals surface area (Å²) in [6, 6.07) is 5.91. The van der Waals surface area contributed by atoms with Crippen molar-refractivity contribution in [2.24, 2.45) is 0 Å². The van der Waals surface area contributed by atoms with E-state index in [9.17, 15) is 4.79 Å². The molecule has 1 amide bonds. The number of carbonyl (C=O) groups excluding carboxylic acids is 1. The number of hydrogen-bond acceptors (Lipinski definition) is 7. The second-order valence-electron chi connectivity index (χ2n) is 6.63. The van der Waals surface area contributed by atoms with E-state index in [1.807, 2.05) is 18.2 Å². The predicted octanol–water partition coefficient (Wildman–Crippen LogP) is 0.506. The van der Waals surface area contributed by atoms with Gasteiger partial charge >= 0.3 is 0 Å². The third-order valence-electron chi connectivity index (χ3n) is 4.65. The highest BCUT2D eigenvalue weighted by molar-refractivity contribution is 5.94. The van der Waals surface area contributed by atoms with E-state index in [1.165, 1.54) is 6.33 Å². The van der Waals surface area contributed by atoms with Crippen LogP contribution < -0.4 is 4.90 Å². The van der Waals surface area contributed by atoms with Crippen molar-refractivity contribution in [2.45, 2.75) is 12.1 Å². The van der Waals surface area contributed by atoms with Crippen molar-refractivity contribution >= 4 is 11.6 Å². The molecule has 2 aliphatic heterocycles. The van der Waals surface area contributed by atoms with Crippen LogP contribution in [-0.2, 0) is 20.8 Å². The maximum Gasteiger partial charge on any atom is 0.253 e. The maximum atomic E-state index is 12.4. The van der Waals surface area contributed by atoms with Gasteiger partial charge in [0.15, 0.2) is 0 Å². The molecule has 0 unspecified atom stereocenters. The van der Waals surface area contributed by atoms with Crippen LogP contribution >= 0.6 is 0 Å². The molecule has 8 heteroatoms. The largest absolute Gasteiger partial charge is 0.377 e. The summed E-state index contributed by atoms with van der Waals surface area (Å²) in [6.07, 6.45) is 6.54. The summed E-state index contributed by atoms with van der Waals surface area (Å²) < 4.78 is 11.8. The van der Waals surface area contributed by atoms with Crippen LogP contribution in [0.25, 0.3) is 0 Å². The lowest BCUT2D eigenvalue weighted by Crippen LogP contribution is -2.60. The summed E-state index contributed by atoms with van der Waals surface area (Å²) in [4.78, 5) is 28.8. The van der Waals surface area contributed by atoms with E-state index in [2.05, 4.69) is 19.9 Å². The Balaban J connectivity index is 1.53. The molecular weight excluding hydrogens is 334 g/mol. The Bertz CT molecular complexity index is 745. The van der Waals surface area contributed by atoms with Gasteiger partial charge < -0.3 is 14.4 Å². The van der Waals surface area contributed by atoms with Crippen molar-refractivity contribution < 1.29 is 14.3 Å². The molecule has 0 aromatic carbocycles. The Morgan fingerprint density at radius 3 is 2.88 bits per heavy atom. The molecule has 0 aliphatic carbocycles. The van der Waals surface area contributed by atoms with Gasteiger partial charge in [-0.25, -0.2) is 9.97 Å². The Hall–Kier alpha value is -2.42. The number of rotatable bonds is 3. The normalized spacial score (nSPS) is 24.6. The molecule has 2 aromatic rings. The number of hydrogen-bond donors (Lipinski definition) is 0. The number of morpholine rings is 1. The summed E-state index contributed by atoms with van der Waals surface area (Å²) >= 11 is 0. The first-order chi connectivity index (χ1) is 12.7. The van der Waals surface area contributed by atoms with Gasteiger partial charge in [0.25, 0.3) is 5.91 Å². The van der Waals surface area contributed by atoms with Gasteiger partial charge in [-0.2, -0.15) is 0 Å². The third-order valence-corrected chi connectivity index (χ3v) is 4.65. The SMILES string of the molecule is O=C1CO[C@]2(COCCN(Cc3ccccn3)C2)CN1c1cncnc1. The van der Waals surface area contributed by atoms with E-state index in [4.69, 9.17) is 9.47 Å². The molecule has 8 nitrogen and oxygen atoms in total. The molecule has 0 saturated carbocycles. The number of nitrogens with zero attached hydrogens (tertiary/aromatic N) is 5. The zero-order valence-corrected chi connectivity index (χ0v) is 14.5. The second-order valence-corrected chi connectivity index (χ2v) is 6.63. The second kappa shape index (κ2) is 7.45. The average Bonchev–Trinajstić information content (AvgIpc) is 2.88. The fourth-order valence-electron chi connectivity index (χ4n) is 3.40. The molecule has 0 N–H and O–H groups in total. The Kier molecular flexibility index (Phi) is 4.87. The number of aromatic nitrogens is 3. The molecule has 26 heavy (non-hydrogen) atoms. The van der Waals surface area contributed by atoms with Crippen molar-refractivity contribution in [2.75, 3.05) is 44.4 Å². The maximum absolute atomic E-state index is 12.4. The molecule has 1 spiro atoms. The van der Waals surface area contributed by atoms with Gasteiger partial charge in [0.1, 0.15) is 18.5 Å². The van der Waals surface area contributed by atoms with Crippen LogP contribution in [-0.4, -0.2) is 70.8 Å². The van der Waals surface area contributed by atoms with Crippen molar-refractivity contribution in [3.8, 4) is 0 Å². The molecule has 2 saturated heterocycles. The van der Waals surface area contributed by atoms with Crippen LogP contribution in [0, 0.1) is 0 Å². The first-order valence-electron chi connectivity index (χ1n) is 8.63. The number of anilines is 1. The van der Waals surface area contributed by atoms with Gasteiger partial charge in [-0.3, -0.25) is 14.7 Å². The van der Waals surface area contributed by atoms with E-state index in [-0.39, 0.29) is 12.5 Å². The monoisotopic (exact) mass is 355 g/mol. The summed E-state index contributed by atoms with van der Waals surface area (Å²) in [5, 5.41) is 0. The minimum Gasteiger partial charge on any atom is -0.377 e. The summed E-state index contributed by atoms with van der Waals surface area (Å²) in [5.74, 6) is -0.0917. The Labute approximate surface area is 151 Å². The molecule has 4 heterocycles. The van der Waals surface area contributed by atoms with Crippen LogP contribution in [0.1, 0.15) is 5.69 Å². The lowest BCUT2D eigenvalue weighted by Gasteiger charge is -2.42. The first-order valence-corrected chi connectivity index (χ1v) is 8.63. The van der Waals surface area contributed by atoms with Crippen molar-refractivity contribution in [1.29, 1.82) is 0 Å². The summed E-state index contributed by atoms with van der Waals surface area (Å²) in [7, 11) is 0. The third kappa shape index (κ3) is 3.72. The Morgan fingerprint density at radius 1 is 1.19 bits per heavy atom. The zero-order valence-electron chi connectivity index (χ0n) is 14.5. The fourth-order valence-corrected chi connectivity index (χ4v) is 3.40. The van der Waals surface area contributed by atoms with Crippen LogP contribution in [0.3, 0.4) is 0 Å². The smallest absolute Gasteiger partial charge is 0.253 e. The van der Waals surface area contributed by atoms with Crippen LogP contribution in [0.15, 0.2) is 43.1 Å². The minimum absolute atomic E-state index is 0.0235.